The first-order chi connectivity index (χ1) is 10.7. The number of benzene rings is 1. The molecule has 1 fully saturated rings. The molecule has 0 radical (unpaired) electrons. The Morgan fingerprint density at radius 3 is 3.09 bits per heavy atom. The van der Waals surface area contributed by atoms with Crippen LogP contribution in [0.5, 0.6) is 0 Å². The van der Waals surface area contributed by atoms with Crippen molar-refractivity contribution in [3.05, 3.63) is 53.6 Å². The lowest BCUT2D eigenvalue weighted by Crippen LogP contribution is -2.52. The quantitative estimate of drug-likeness (QED) is 0.687. The average Bonchev–Trinajstić information content (AvgIpc) is 3.04. The Hall–Kier alpha value is -1.87. The summed E-state index contributed by atoms with van der Waals surface area (Å²) < 4.78 is 0. The topological polar surface area (TPSA) is 32.3 Å². The maximum absolute atomic E-state index is 11.6. The van der Waals surface area contributed by atoms with Crippen LogP contribution in [0.4, 0.5) is 5.69 Å². The number of anilines is 1. The van der Waals surface area contributed by atoms with Gasteiger partial charge in [0.05, 0.1) is 6.04 Å². The molecule has 0 aromatic heterocycles. The van der Waals surface area contributed by atoms with Gasteiger partial charge in [0.25, 0.3) is 0 Å². The van der Waals surface area contributed by atoms with Crippen LogP contribution >= 0.6 is 0 Å². The molecule has 1 N–H and O–H groups in total. The SMILES string of the molecule is C=C(C)CN1CC[C@]23c4ccccc4N[C@H]2C(C=O)=CC[C@H]13. The second-order valence-electron chi connectivity index (χ2n) is 6.91. The predicted molar refractivity (Wildman–Crippen MR) is 89.1 cm³/mol. The number of hydrogen-bond acceptors (Lipinski definition) is 3. The fourth-order valence-corrected chi connectivity index (χ4v) is 4.84. The van der Waals surface area contributed by atoms with Gasteiger partial charge >= 0.3 is 0 Å². The first kappa shape index (κ1) is 13.8. The average molecular weight is 294 g/mol. The summed E-state index contributed by atoms with van der Waals surface area (Å²) in [4.78, 5) is 14.1. The number of aldehydes is 1. The van der Waals surface area contributed by atoms with Crippen molar-refractivity contribution >= 4 is 12.0 Å². The lowest BCUT2D eigenvalue weighted by atomic mass is 9.65. The zero-order chi connectivity index (χ0) is 15.3. The summed E-state index contributed by atoms with van der Waals surface area (Å²) >= 11 is 0. The molecule has 1 aromatic rings. The highest BCUT2D eigenvalue weighted by atomic mass is 16.1. The van der Waals surface area contributed by atoms with Crippen LogP contribution in [0, 0.1) is 0 Å². The summed E-state index contributed by atoms with van der Waals surface area (Å²) in [7, 11) is 0. The zero-order valence-corrected chi connectivity index (χ0v) is 13.0. The van der Waals surface area contributed by atoms with Gasteiger partial charge in [0.2, 0.25) is 0 Å². The molecule has 0 bridgehead atoms. The Kier molecular flexibility index (Phi) is 3.01. The first-order valence-electron chi connectivity index (χ1n) is 8.06. The molecular weight excluding hydrogens is 272 g/mol. The van der Waals surface area contributed by atoms with E-state index in [1.54, 1.807) is 0 Å². The lowest BCUT2D eigenvalue weighted by Gasteiger charge is -2.43. The van der Waals surface area contributed by atoms with Gasteiger partial charge in [-0.1, -0.05) is 36.4 Å². The minimum atomic E-state index is 0.0387. The molecule has 22 heavy (non-hydrogen) atoms. The Morgan fingerprint density at radius 2 is 2.32 bits per heavy atom. The van der Waals surface area contributed by atoms with Crippen LogP contribution in [0.15, 0.2) is 48.1 Å². The molecule has 1 spiro atoms. The number of nitrogens with zero attached hydrogens (tertiary/aromatic N) is 1. The molecule has 1 aromatic carbocycles. The van der Waals surface area contributed by atoms with E-state index < -0.39 is 0 Å². The van der Waals surface area contributed by atoms with Crippen LogP contribution in [0.2, 0.25) is 0 Å². The number of carbonyl (C=O) groups excluding carboxylic acids is 1. The van der Waals surface area contributed by atoms with E-state index in [0.29, 0.717) is 6.04 Å². The maximum Gasteiger partial charge on any atom is 0.147 e. The van der Waals surface area contributed by atoms with Crippen molar-refractivity contribution in [2.75, 3.05) is 18.4 Å². The summed E-state index contributed by atoms with van der Waals surface area (Å²) in [5.41, 5.74) is 4.76. The maximum atomic E-state index is 11.6. The summed E-state index contributed by atoms with van der Waals surface area (Å²) in [5.74, 6) is 0. The highest BCUT2D eigenvalue weighted by molar-refractivity contribution is 5.81. The van der Waals surface area contributed by atoms with Crippen molar-refractivity contribution < 1.29 is 4.79 Å². The molecule has 3 nitrogen and oxygen atoms in total. The van der Waals surface area contributed by atoms with Crippen molar-refractivity contribution in [2.45, 2.75) is 37.3 Å². The highest BCUT2D eigenvalue weighted by Crippen LogP contribution is 2.55. The van der Waals surface area contributed by atoms with Gasteiger partial charge in [-0.05, 0) is 37.9 Å². The molecule has 4 rings (SSSR count). The second-order valence-corrected chi connectivity index (χ2v) is 6.91. The molecule has 3 atom stereocenters. The van der Waals surface area contributed by atoms with Crippen LogP contribution in [-0.2, 0) is 10.2 Å². The number of para-hydroxylation sites is 1. The van der Waals surface area contributed by atoms with Crippen molar-refractivity contribution in [1.29, 1.82) is 0 Å². The smallest absolute Gasteiger partial charge is 0.147 e. The highest BCUT2D eigenvalue weighted by Gasteiger charge is 2.59. The Bertz CT molecular complexity index is 678. The van der Waals surface area contributed by atoms with Gasteiger partial charge in [-0.15, -0.1) is 0 Å². The number of fused-ring (bicyclic) bond motifs is 1. The van der Waals surface area contributed by atoms with Crippen molar-refractivity contribution in [2.24, 2.45) is 0 Å². The Morgan fingerprint density at radius 1 is 1.50 bits per heavy atom. The largest absolute Gasteiger partial charge is 0.377 e. The zero-order valence-electron chi connectivity index (χ0n) is 13.0. The number of carbonyl (C=O) groups is 1. The molecule has 1 aliphatic carbocycles. The van der Waals surface area contributed by atoms with Crippen molar-refractivity contribution in [3.8, 4) is 0 Å². The molecule has 114 valence electrons. The van der Waals surface area contributed by atoms with E-state index in [0.717, 1.165) is 37.8 Å². The number of likely N-dealkylation sites (tertiary alicyclic amines) is 1. The summed E-state index contributed by atoms with van der Waals surface area (Å²) in [6, 6.07) is 9.15. The minimum absolute atomic E-state index is 0.0387. The van der Waals surface area contributed by atoms with E-state index in [-0.39, 0.29) is 11.5 Å². The van der Waals surface area contributed by atoms with E-state index in [2.05, 4.69) is 54.1 Å². The molecule has 0 amide bonds. The van der Waals surface area contributed by atoms with Crippen LogP contribution < -0.4 is 5.32 Å². The standard InChI is InChI=1S/C19H22N2O/c1-13(2)11-21-10-9-19-15-5-3-4-6-16(15)20-18(19)14(12-22)7-8-17(19)21/h3-7,12,17-18,20H,1,8-11H2,2H3/t17-,18-,19+/m0/s1. The van der Waals surface area contributed by atoms with Gasteiger partial charge in [0, 0.05) is 29.3 Å². The van der Waals surface area contributed by atoms with Crippen molar-refractivity contribution in [1.82, 2.24) is 4.90 Å². The van der Waals surface area contributed by atoms with Gasteiger partial charge in [-0.3, -0.25) is 9.69 Å². The summed E-state index contributed by atoms with van der Waals surface area (Å²) in [6.07, 6.45) is 5.23. The minimum Gasteiger partial charge on any atom is -0.377 e. The molecule has 2 heterocycles. The molecule has 2 aliphatic heterocycles. The summed E-state index contributed by atoms with van der Waals surface area (Å²) in [6.45, 7) is 8.21. The van der Waals surface area contributed by atoms with Crippen LogP contribution in [0.25, 0.3) is 0 Å². The fourth-order valence-electron chi connectivity index (χ4n) is 4.84. The van der Waals surface area contributed by atoms with Crippen LogP contribution in [0.3, 0.4) is 0 Å². The third-order valence-corrected chi connectivity index (χ3v) is 5.61. The van der Waals surface area contributed by atoms with Gasteiger partial charge in [0.15, 0.2) is 0 Å². The monoisotopic (exact) mass is 294 g/mol. The molecule has 3 aliphatic rings. The van der Waals surface area contributed by atoms with Crippen molar-refractivity contribution in [3.63, 3.8) is 0 Å². The van der Waals surface area contributed by atoms with Gasteiger partial charge in [-0.2, -0.15) is 0 Å². The van der Waals surface area contributed by atoms with Crippen LogP contribution in [-0.4, -0.2) is 36.4 Å². The number of hydrogen-bond donors (Lipinski definition) is 1. The van der Waals surface area contributed by atoms with E-state index in [1.165, 1.54) is 16.8 Å². The Labute approximate surface area is 131 Å². The van der Waals surface area contributed by atoms with E-state index >= 15 is 0 Å². The third kappa shape index (κ3) is 1.69. The molecule has 0 saturated carbocycles. The number of nitrogens with one attached hydrogen (secondary N) is 1. The Balaban J connectivity index is 1.84. The fraction of sp³-hybridized carbons (Fsp3) is 0.421. The van der Waals surface area contributed by atoms with Gasteiger partial charge < -0.3 is 5.32 Å². The first-order valence-corrected chi connectivity index (χ1v) is 8.06. The lowest BCUT2D eigenvalue weighted by molar-refractivity contribution is -0.105. The predicted octanol–water partition coefficient (Wildman–Crippen LogP) is 2.90. The number of rotatable bonds is 3. The molecule has 0 unspecified atom stereocenters. The molecule has 3 heteroatoms. The van der Waals surface area contributed by atoms with E-state index in [4.69, 9.17) is 0 Å². The summed E-state index contributed by atoms with van der Waals surface area (Å²) in [5, 5.41) is 3.62. The normalized spacial score (nSPS) is 32.5. The third-order valence-electron chi connectivity index (χ3n) is 5.61. The van der Waals surface area contributed by atoms with Crippen LogP contribution in [0.1, 0.15) is 25.3 Å². The van der Waals surface area contributed by atoms with Gasteiger partial charge in [0.1, 0.15) is 6.29 Å². The second kappa shape index (κ2) is 4.82. The van der Waals surface area contributed by atoms with E-state index in [1.807, 2.05) is 0 Å². The van der Waals surface area contributed by atoms with E-state index in [9.17, 15) is 4.79 Å². The molecular formula is C19H22N2O. The molecule has 1 saturated heterocycles. The van der Waals surface area contributed by atoms with Gasteiger partial charge in [-0.25, -0.2) is 0 Å².